The standard InChI is InChI=1S/C12H16BrNO3.C12H16N4O3.C11H14N2O3.C11H16N2O2.C10H12O3.C3H6Br2.CH3F.N3.Na/c1-3-17-12(16)10-7-11(9(2)15)14(8-10)6-4-5-13;1-3-19-12(18)10-7-11(9(2)17)16(8-10)6-4-5-14-15-13;1-2-16-11(15)8-6-9-10(14)12-4-3-5-13(9)7-8;1-2-15-11(14)9-6-10-7-12-4-3-5-13(10)8-9;1-3-13-10(12)9-5-4-8(6-9)7(2)11;4-2-1-3-5;1-2;1-3-2;/h7-8H,3-6H2,1-2H3;7-8H,3-6H2,1-2H3;6-7H,2-5H2,1H3,(H,12,14);6,8,12H,2-5,7H2,1H3;5-6H,3-4H2,1-2H3;1-3H2;1H3;;/q;;;;;;;-1;+1/i;;;;;;1D;;. The predicted molar refractivity (Wildman–Crippen MR) is 349 cm³/mol. The van der Waals surface area contributed by atoms with Crippen molar-refractivity contribution in [2.24, 2.45) is 5.11 Å². The van der Waals surface area contributed by atoms with Crippen molar-refractivity contribution in [1.82, 2.24) is 28.9 Å². The molecule has 496 valence electrons. The van der Waals surface area contributed by atoms with Gasteiger partial charge in [0, 0.05) is 111 Å². The van der Waals surface area contributed by atoms with Gasteiger partial charge in [-0.05, 0) is 128 Å². The maximum atomic E-state index is 11.6. The Kier molecular flexibility index (Phi) is 48.2. The Bertz CT molecular complexity index is 3090. The van der Waals surface area contributed by atoms with Crippen LogP contribution in [-0.2, 0) is 66.0 Å². The molecule has 7 rings (SSSR count). The van der Waals surface area contributed by atoms with Gasteiger partial charge in [-0.25, -0.2) is 24.0 Å². The number of esters is 5. The second-order valence-electron chi connectivity index (χ2n) is 18.5. The molecule has 0 aromatic carbocycles. The van der Waals surface area contributed by atoms with Crippen LogP contribution in [0.15, 0.2) is 77.5 Å². The molecule has 0 fully saturated rings. The number of hydrogen-bond donors (Lipinski definition) is 2. The molecule has 26 nitrogen and oxygen atoms in total. The molecule has 31 heteroatoms. The Morgan fingerprint density at radius 3 is 1.48 bits per heavy atom. The third-order valence-corrected chi connectivity index (χ3v) is 13.6. The number of nitrogens with zero attached hydrogens (tertiary/aromatic N) is 10. The van der Waals surface area contributed by atoms with Crippen LogP contribution >= 0.6 is 47.8 Å². The van der Waals surface area contributed by atoms with E-state index >= 15 is 0 Å². The molecule has 4 aromatic heterocycles. The number of aryl methyl sites for hydroxylation is 4. The van der Waals surface area contributed by atoms with Gasteiger partial charge in [0.1, 0.15) is 5.69 Å². The monoisotopic (exact) mass is 1480 g/mol. The van der Waals surface area contributed by atoms with E-state index in [1.165, 1.54) is 38.2 Å². The molecule has 6 heterocycles. The Morgan fingerprint density at radius 1 is 0.626 bits per heavy atom. The van der Waals surface area contributed by atoms with Crippen LogP contribution < -0.4 is 40.2 Å². The summed E-state index contributed by atoms with van der Waals surface area (Å²) in [4.78, 5) is 107. The fourth-order valence-corrected chi connectivity index (χ4v) is 9.55. The molecule has 2 aliphatic heterocycles. The third-order valence-electron chi connectivity index (χ3n) is 11.9. The number of carbonyl (C=O) groups excluding carboxylic acids is 9. The topological polar surface area (TPSA) is 351 Å². The zero-order valence-electron chi connectivity index (χ0n) is 54.2. The molecule has 0 bridgehead atoms. The van der Waals surface area contributed by atoms with E-state index < -0.39 is 13.1 Å². The molecule has 0 atom stereocenters. The van der Waals surface area contributed by atoms with Crippen molar-refractivity contribution in [3.8, 4) is 0 Å². The summed E-state index contributed by atoms with van der Waals surface area (Å²) < 4.78 is 47.4. The quantitative estimate of drug-likeness (QED) is 0.00852. The van der Waals surface area contributed by atoms with E-state index in [1.54, 1.807) is 84.3 Å². The fourth-order valence-electron chi connectivity index (χ4n) is 7.99. The van der Waals surface area contributed by atoms with E-state index in [4.69, 9.17) is 41.6 Å². The first kappa shape index (κ1) is 84.4. The largest absolute Gasteiger partial charge is 1.00 e. The van der Waals surface area contributed by atoms with Gasteiger partial charge >= 0.3 is 59.4 Å². The molecule has 0 unspecified atom stereocenters. The summed E-state index contributed by atoms with van der Waals surface area (Å²) in [7, 11) is -1.00. The smallest absolute Gasteiger partial charge is 0.462 e. The van der Waals surface area contributed by atoms with Crippen LogP contribution in [0.2, 0.25) is 0 Å². The van der Waals surface area contributed by atoms with Crippen molar-refractivity contribution in [3.05, 3.63) is 144 Å². The maximum Gasteiger partial charge on any atom is 1.00 e. The van der Waals surface area contributed by atoms with Crippen molar-refractivity contribution < 1.29 is 102 Å². The van der Waals surface area contributed by atoms with Crippen LogP contribution in [0.4, 0.5) is 4.39 Å². The molecule has 1 amide bonds. The molecule has 4 aromatic rings. The van der Waals surface area contributed by atoms with Crippen LogP contribution in [0.25, 0.3) is 26.4 Å². The molecule has 3 aliphatic rings. The fraction of sp³-hybridized carbons (Fsp3) is 0.517. The second-order valence-corrected chi connectivity index (χ2v) is 20.8. The Hall–Kier alpha value is -6.62. The number of azide groups is 1. The number of aromatic nitrogens is 4. The summed E-state index contributed by atoms with van der Waals surface area (Å²) in [6.07, 6.45) is 15.4. The molecule has 0 saturated carbocycles. The number of amides is 1. The molecule has 0 saturated heterocycles. The van der Waals surface area contributed by atoms with Gasteiger partial charge in [-0.2, -0.15) is 0 Å². The van der Waals surface area contributed by atoms with E-state index in [0.29, 0.717) is 116 Å². The number of carbonyl (C=O) groups is 9. The number of halogens is 4. The average Bonchev–Trinajstić information content (AvgIpc) is 2.00. The summed E-state index contributed by atoms with van der Waals surface area (Å²) in [6, 6.07) is 6.61. The Morgan fingerprint density at radius 2 is 1.05 bits per heavy atom. The number of allylic oxidation sites excluding steroid dienone is 2. The summed E-state index contributed by atoms with van der Waals surface area (Å²) in [5, 5.41) is 12.6. The third kappa shape index (κ3) is 33.5. The Balaban J connectivity index is 0. The number of ketones is 3. The second kappa shape index (κ2) is 51.9. The first-order valence-corrected chi connectivity index (χ1v) is 32.1. The van der Waals surface area contributed by atoms with Gasteiger partial charge in [0.15, 0.2) is 17.3 Å². The van der Waals surface area contributed by atoms with E-state index in [2.05, 4.69) is 73.0 Å². The minimum atomic E-state index is -1.00. The molecular formula is C60H83Br3FN12NaO14. The molecule has 0 spiro atoms. The molecule has 2 N–H and O–H groups in total. The summed E-state index contributed by atoms with van der Waals surface area (Å²) >= 11 is 9.90. The van der Waals surface area contributed by atoms with E-state index in [9.17, 15) is 47.5 Å². The minimum Gasteiger partial charge on any atom is -0.462 e. The van der Waals surface area contributed by atoms with Crippen molar-refractivity contribution in [3.63, 3.8) is 0 Å². The number of fused-ring (bicyclic) bond motifs is 2. The zero-order chi connectivity index (χ0) is 68.7. The Labute approximate surface area is 579 Å². The van der Waals surface area contributed by atoms with Gasteiger partial charge in [-0.3, -0.25) is 28.5 Å². The van der Waals surface area contributed by atoms with Gasteiger partial charge in [0.2, 0.25) is 0 Å². The van der Waals surface area contributed by atoms with Gasteiger partial charge in [0.05, 0.1) is 80.8 Å². The van der Waals surface area contributed by atoms with Crippen molar-refractivity contribution in [1.29, 1.82) is 0 Å². The SMILES string of the molecule is BrCCCBr.CCOC(=O)C1=CCC(C(C)=O)=C1.CCOC(=O)c1cc(C(C)=O)n(CCCBr)c1.CCOC(=O)c1cc(C(C)=O)n(CCCN=[N+]=[N-])c1.CCOC(=O)c1cc2n(c1)CCCNC2.CCOC(=O)c1cc2n(c1)CCCNC2=O.[2H]CF.[N-]=[N+]=[N-].[Na+]. The van der Waals surface area contributed by atoms with Gasteiger partial charge < -0.3 is 63.6 Å². The maximum absolute atomic E-state index is 11.6. The van der Waals surface area contributed by atoms with Gasteiger partial charge in [-0.15, -0.1) is 0 Å². The molecule has 0 radical (unpaired) electrons. The van der Waals surface area contributed by atoms with Crippen LogP contribution in [0, 0.1) is 0 Å². The van der Waals surface area contributed by atoms with Crippen molar-refractivity contribution in [2.45, 2.75) is 127 Å². The zero-order valence-corrected chi connectivity index (χ0v) is 60.0. The van der Waals surface area contributed by atoms with Crippen LogP contribution in [-0.4, -0.2) is 147 Å². The normalized spacial score (nSPS) is 12.0. The number of ether oxygens (including phenoxy) is 5. The average molecular weight is 1480 g/mol. The molecule has 1 aliphatic carbocycles. The van der Waals surface area contributed by atoms with Crippen LogP contribution in [0.5, 0.6) is 0 Å². The predicted octanol–water partition coefficient (Wildman–Crippen LogP) is 9.19. The van der Waals surface area contributed by atoms with Crippen molar-refractivity contribution in [2.75, 3.05) is 75.8 Å². The number of hydrogen-bond acceptors (Lipinski definition) is 16. The van der Waals surface area contributed by atoms with Crippen LogP contribution in [0.3, 0.4) is 0 Å². The van der Waals surface area contributed by atoms with Crippen molar-refractivity contribution >= 4 is 101 Å². The van der Waals surface area contributed by atoms with Gasteiger partial charge in [0.25, 0.3) is 5.91 Å². The van der Waals surface area contributed by atoms with E-state index in [-0.39, 0.29) is 83.3 Å². The summed E-state index contributed by atoms with van der Waals surface area (Å²) in [6.45, 7) is 20.8. The summed E-state index contributed by atoms with van der Waals surface area (Å²) in [5.41, 5.74) is 27.4. The first-order chi connectivity index (χ1) is 43.6. The molecular weight excluding hydrogens is 1390 g/mol. The number of rotatable bonds is 22. The number of nitrogens with one attached hydrogen (secondary N) is 2. The summed E-state index contributed by atoms with van der Waals surface area (Å²) in [5.74, 6) is -2.07. The van der Waals surface area contributed by atoms with Crippen LogP contribution in [0.1, 0.15) is 174 Å². The van der Waals surface area contributed by atoms with Gasteiger partial charge in [-0.1, -0.05) is 59.0 Å². The number of Topliss-reactive ketones (excluding diaryl/α,β-unsaturated/α-hetero) is 3. The molecule has 91 heavy (non-hydrogen) atoms. The minimum absolute atomic E-state index is 0. The van der Waals surface area contributed by atoms with E-state index in [0.717, 1.165) is 67.1 Å². The first-order valence-electron chi connectivity index (χ1n) is 29.4. The number of alkyl halides is 4. The van der Waals surface area contributed by atoms with E-state index in [1.807, 2.05) is 19.2 Å².